The second-order valence-corrected chi connectivity index (χ2v) is 11.9. The minimum atomic E-state index is -0.512. The highest BCUT2D eigenvalue weighted by Crippen LogP contribution is 2.34. The predicted molar refractivity (Wildman–Crippen MR) is 157 cm³/mol. The molecule has 3 aromatic rings. The molecule has 3 aromatic carbocycles. The predicted octanol–water partition coefficient (Wildman–Crippen LogP) is 10.6. The van der Waals surface area contributed by atoms with Gasteiger partial charge in [0.1, 0.15) is 17.5 Å². The van der Waals surface area contributed by atoms with Gasteiger partial charge in [-0.05, 0) is 110 Å². The molecule has 210 valence electrons. The Kier molecular flexibility index (Phi) is 11.4. The van der Waals surface area contributed by atoms with E-state index in [4.69, 9.17) is 11.6 Å². The molecule has 0 amide bonds. The van der Waals surface area contributed by atoms with Gasteiger partial charge in [0.05, 0.1) is 5.02 Å². The Balaban J connectivity index is 1.17. The Morgan fingerprint density at radius 2 is 1.10 bits per heavy atom. The summed E-state index contributed by atoms with van der Waals surface area (Å²) in [6.07, 6.45) is 14.6. The lowest BCUT2D eigenvalue weighted by Crippen LogP contribution is -2.16. The molecule has 1 fully saturated rings. The molecule has 0 saturated heterocycles. The molecule has 0 atom stereocenters. The van der Waals surface area contributed by atoms with Crippen molar-refractivity contribution in [3.8, 4) is 0 Å². The van der Waals surface area contributed by atoms with Crippen molar-refractivity contribution < 1.29 is 13.2 Å². The van der Waals surface area contributed by atoms with Gasteiger partial charge in [-0.2, -0.15) is 0 Å². The highest BCUT2D eigenvalue weighted by atomic mass is 35.5. The van der Waals surface area contributed by atoms with Gasteiger partial charge in [-0.3, -0.25) is 0 Å². The van der Waals surface area contributed by atoms with Crippen molar-refractivity contribution in [1.29, 1.82) is 0 Å². The average molecular weight is 555 g/mol. The van der Waals surface area contributed by atoms with Crippen molar-refractivity contribution in [3.63, 3.8) is 0 Å². The molecule has 0 radical (unpaired) electrons. The molecule has 0 N–H and O–H groups in total. The van der Waals surface area contributed by atoms with Crippen LogP contribution in [0.25, 0.3) is 0 Å². The molecular weight excluding hydrogens is 513 g/mol. The summed E-state index contributed by atoms with van der Waals surface area (Å²) in [5, 5.41) is 0.0487. The highest BCUT2D eigenvalue weighted by molar-refractivity contribution is 6.30. The maximum absolute atomic E-state index is 14.8. The van der Waals surface area contributed by atoms with Crippen molar-refractivity contribution in [2.75, 3.05) is 0 Å². The van der Waals surface area contributed by atoms with Gasteiger partial charge in [-0.15, -0.1) is 0 Å². The molecule has 1 saturated carbocycles. The Bertz CT molecular complexity index is 1160. The van der Waals surface area contributed by atoms with Crippen LogP contribution in [0.2, 0.25) is 5.02 Å². The number of rotatable bonds is 13. The lowest BCUT2D eigenvalue weighted by molar-refractivity contribution is 0.253. The summed E-state index contributed by atoms with van der Waals surface area (Å²) < 4.78 is 43.2. The SMILES string of the molecule is CCCCCc1ccc(CC[C@H]2CC[C@H](CCc3cc(F)c(CCc4ccc(Cl)c(F)c4)c(F)c3)CC2)cc1. The summed E-state index contributed by atoms with van der Waals surface area (Å²) in [6, 6.07) is 16.7. The lowest BCUT2D eigenvalue weighted by Gasteiger charge is -2.28. The number of hydrogen-bond acceptors (Lipinski definition) is 0. The number of halogens is 4. The van der Waals surface area contributed by atoms with Crippen LogP contribution in [-0.4, -0.2) is 0 Å². The molecule has 1 aliphatic carbocycles. The fourth-order valence-electron chi connectivity index (χ4n) is 6.01. The molecule has 39 heavy (non-hydrogen) atoms. The van der Waals surface area contributed by atoms with Crippen LogP contribution in [0.3, 0.4) is 0 Å². The molecule has 0 aliphatic heterocycles. The maximum atomic E-state index is 14.8. The van der Waals surface area contributed by atoms with Crippen molar-refractivity contribution in [3.05, 3.63) is 105 Å². The smallest absolute Gasteiger partial charge is 0.142 e. The van der Waals surface area contributed by atoms with Crippen LogP contribution in [0.15, 0.2) is 54.6 Å². The van der Waals surface area contributed by atoms with E-state index < -0.39 is 17.5 Å². The Morgan fingerprint density at radius 3 is 1.67 bits per heavy atom. The highest BCUT2D eigenvalue weighted by Gasteiger charge is 2.21. The van der Waals surface area contributed by atoms with E-state index in [9.17, 15) is 13.2 Å². The molecule has 0 heterocycles. The molecule has 0 spiro atoms. The minimum absolute atomic E-state index is 0.0487. The third kappa shape index (κ3) is 9.13. The van der Waals surface area contributed by atoms with Crippen LogP contribution in [0.4, 0.5) is 13.2 Å². The van der Waals surface area contributed by atoms with E-state index in [2.05, 4.69) is 31.2 Å². The van der Waals surface area contributed by atoms with Crippen molar-refractivity contribution >= 4 is 11.6 Å². The zero-order chi connectivity index (χ0) is 27.6. The first-order valence-corrected chi connectivity index (χ1v) is 15.3. The number of unbranched alkanes of at least 4 members (excludes halogenated alkanes) is 2. The third-order valence-corrected chi connectivity index (χ3v) is 8.90. The molecule has 0 unspecified atom stereocenters. The second kappa shape index (κ2) is 14.9. The van der Waals surface area contributed by atoms with Crippen molar-refractivity contribution in [2.45, 2.75) is 96.8 Å². The molecule has 0 nitrogen and oxygen atoms in total. The molecular formula is C35H42ClF3. The van der Waals surface area contributed by atoms with E-state index in [0.717, 1.165) is 24.3 Å². The quantitative estimate of drug-likeness (QED) is 0.184. The minimum Gasteiger partial charge on any atom is -0.207 e. The first-order chi connectivity index (χ1) is 18.9. The fraction of sp³-hybridized carbons (Fsp3) is 0.486. The normalized spacial score (nSPS) is 17.5. The van der Waals surface area contributed by atoms with Gasteiger partial charge in [-0.1, -0.05) is 87.4 Å². The molecule has 0 bridgehead atoms. The zero-order valence-electron chi connectivity index (χ0n) is 23.3. The molecule has 1 aliphatic rings. The number of benzene rings is 3. The van der Waals surface area contributed by atoms with Crippen molar-refractivity contribution in [2.24, 2.45) is 11.8 Å². The van der Waals surface area contributed by atoms with Gasteiger partial charge < -0.3 is 0 Å². The van der Waals surface area contributed by atoms with Crippen LogP contribution in [0.1, 0.15) is 92.5 Å². The molecule has 4 heteroatoms. The van der Waals surface area contributed by atoms with E-state index in [1.165, 1.54) is 93.2 Å². The molecule has 4 rings (SSSR count). The zero-order valence-corrected chi connectivity index (χ0v) is 24.0. The first-order valence-electron chi connectivity index (χ1n) is 14.9. The van der Waals surface area contributed by atoms with Gasteiger partial charge in [0.25, 0.3) is 0 Å². The second-order valence-electron chi connectivity index (χ2n) is 11.5. The summed E-state index contributed by atoms with van der Waals surface area (Å²) in [7, 11) is 0. The van der Waals surface area contributed by atoms with E-state index in [-0.39, 0.29) is 17.0 Å². The van der Waals surface area contributed by atoms with Crippen molar-refractivity contribution in [1.82, 2.24) is 0 Å². The maximum Gasteiger partial charge on any atom is 0.142 e. The largest absolute Gasteiger partial charge is 0.207 e. The van der Waals surface area contributed by atoms with E-state index in [0.29, 0.717) is 24.3 Å². The van der Waals surface area contributed by atoms with E-state index in [1.54, 1.807) is 6.07 Å². The Hall–Kier alpha value is -2.26. The third-order valence-electron chi connectivity index (χ3n) is 8.59. The summed E-state index contributed by atoms with van der Waals surface area (Å²) in [5.74, 6) is -0.0976. The van der Waals surface area contributed by atoms with E-state index in [1.807, 2.05) is 0 Å². The topological polar surface area (TPSA) is 0 Å². The number of aryl methyl sites for hydroxylation is 4. The number of hydrogen-bond donors (Lipinski definition) is 0. The summed E-state index contributed by atoms with van der Waals surface area (Å²) in [4.78, 5) is 0. The van der Waals surface area contributed by atoms with Gasteiger partial charge in [0.15, 0.2) is 0 Å². The van der Waals surface area contributed by atoms with E-state index >= 15 is 0 Å². The van der Waals surface area contributed by atoms with Crippen LogP contribution >= 0.6 is 11.6 Å². The fourth-order valence-corrected chi connectivity index (χ4v) is 6.12. The van der Waals surface area contributed by atoms with Gasteiger partial charge in [0.2, 0.25) is 0 Å². The summed E-state index contributed by atoms with van der Waals surface area (Å²) >= 11 is 5.72. The van der Waals surface area contributed by atoms with Gasteiger partial charge >= 0.3 is 0 Å². The van der Waals surface area contributed by atoms with Crippen LogP contribution in [-0.2, 0) is 32.1 Å². The average Bonchev–Trinajstić information content (AvgIpc) is 2.93. The van der Waals surface area contributed by atoms with Gasteiger partial charge in [0, 0.05) is 5.56 Å². The van der Waals surface area contributed by atoms with Crippen LogP contribution in [0.5, 0.6) is 0 Å². The standard InChI is InChI=1S/C35H42ClF3/c1-2-3-4-5-25-6-8-26(9-7-25)10-11-27-12-14-28(15-13-27)16-17-30-23-33(37)31(34(38)24-30)20-18-29-19-21-32(36)35(39)22-29/h6-9,19,21-24,27-28H,2-5,10-18,20H2,1H3/t27-,28-. The van der Waals surface area contributed by atoms with Crippen LogP contribution in [0, 0.1) is 29.3 Å². The summed E-state index contributed by atoms with van der Waals surface area (Å²) in [6.45, 7) is 2.25. The van der Waals surface area contributed by atoms with Gasteiger partial charge in [-0.25, -0.2) is 13.2 Å². The lowest BCUT2D eigenvalue weighted by atomic mass is 9.77. The monoisotopic (exact) mass is 554 g/mol. The first kappa shape index (κ1) is 29.7. The summed E-state index contributed by atoms with van der Waals surface area (Å²) in [5.41, 5.74) is 4.37. The Labute approximate surface area is 238 Å². The Morgan fingerprint density at radius 1 is 0.590 bits per heavy atom. The van der Waals surface area contributed by atoms with Crippen LogP contribution < -0.4 is 0 Å². The molecule has 0 aromatic heterocycles.